The molecule has 0 spiro atoms. The number of amides is 1. The Bertz CT molecular complexity index is 585. The van der Waals surface area contributed by atoms with E-state index in [9.17, 15) is 4.79 Å². The molecule has 3 N–H and O–H groups in total. The van der Waals surface area contributed by atoms with Crippen LogP contribution in [-0.4, -0.2) is 10.9 Å². The minimum Gasteiger partial charge on any atom is -0.380 e. The Hall–Kier alpha value is -1.30. The molecule has 1 heterocycles. The molecule has 4 nitrogen and oxygen atoms in total. The van der Waals surface area contributed by atoms with E-state index < -0.39 is 5.91 Å². The second kappa shape index (κ2) is 5.56. The van der Waals surface area contributed by atoms with Crippen LogP contribution < -0.4 is 11.1 Å². The molecule has 2 aromatic rings. The molecule has 0 fully saturated rings. The van der Waals surface area contributed by atoms with Crippen molar-refractivity contribution in [2.45, 2.75) is 6.54 Å². The molecule has 0 saturated carbocycles. The number of primary amides is 1. The highest BCUT2D eigenvalue weighted by atomic mass is 35.5. The third-order valence-corrected chi connectivity index (χ3v) is 3.65. The molecule has 18 heavy (non-hydrogen) atoms. The zero-order chi connectivity index (χ0) is 13.1. The van der Waals surface area contributed by atoms with Crippen LogP contribution in [0.1, 0.15) is 15.2 Å². The summed E-state index contributed by atoms with van der Waals surface area (Å²) < 4.78 is 0.508. The van der Waals surface area contributed by atoms with Crippen LogP contribution in [0.15, 0.2) is 24.4 Å². The molecule has 94 valence electrons. The molecule has 1 aromatic carbocycles. The largest absolute Gasteiger partial charge is 0.380 e. The van der Waals surface area contributed by atoms with E-state index in [1.165, 1.54) is 11.3 Å². The molecule has 0 aliphatic carbocycles. The summed E-state index contributed by atoms with van der Waals surface area (Å²) >= 11 is 13.1. The monoisotopic (exact) mass is 301 g/mol. The number of hydrogen-bond donors (Lipinski definition) is 2. The van der Waals surface area contributed by atoms with Crippen molar-refractivity contribution in [2.75, 3.05) is 5.32 Å². The van der Waals surface area contributed by atoms with Crippen molar-refractivity contribution >= 4 is 46.1 Å². The number of halogens is 2. The number of benzene rings is 1. The van der Waals surface area contributed by atoms with Crippen LogP contribution in [0.3, 0.4) is 0 Å². The number of nitrogens with one attached hydrogen (secondary N) is 1. The Morgan fingerprint density at radius 3 is 2.78 bits per heavy atom. The molecule has 0 atom stereocenters. The van der Waals surface area contributed by atoms with Gasteiger partial charge in [0, 0.05) is 16.8 Å². The SMILES string of the molecule is NC(=O)c1ccc(NCc2cnc(Cl)s2)cc1Cl. The molecule has 1 aromatic heterocycles. The lowest BCUT2D eigenvalue weighted by Gasteiger charge is -2.06. The molecule has 0 radical (unpaired) electrons. The van der Waals surface area contributed by atoms with E-state index in [1.54, 1.807) is 24.4 Å². The van der Waals surface area contributed by atoms with E-state index in [2.05, 4.69) is 10.3 Å². The summed E-state index contributed by atoms with van der Waals surface area (Å²) in [6.45, 7) is 0.594. The van der Waals surface area contributed by atoms with E-state index in [-0.39, 0.29) is 0 Å². The van der Waals surface area contributed by atoms with Crippen LogP contribution in [0.4, 0.5) is 5.69 Å². The van der Waals surface area contributed by atoms with Crippen molar-refractivity contribution < 1.29 is 4.79 Å². The molecule has 1 amide bonds. The zero-order valence-electron chi connectivity index (χ0n) is 9.11. The molecule has 7 heteroatoms. The van der Waals surface area contributed by atoms with Crippen molar-refractivity contribution in [1.82, 2.24) is 4.98 Å². The van der Waals surface area contributed by atoms with E-state index in [0.717, 1.165) is 10.6 Å². The summed E-state index contributed by atoms with van der Waals surface area (Å²) in [7, 11) is 0. The van der Waals surface area contributed by atoms with Gasteiger partial charge in [0.25, 0.3) is 0 Å². The topological polar surface area (TPSA) is 68.0 Å². The van der Waals surface area contributed by atoms with Gasteiger partial charge in [-0.3, -0.25) is 4.79 Å². The second-order valence-electron chi connectivity index (χ2n) is 3.49. The molecular weight excluding hydrogens is 293 g/mol. The van der Waals surface area contributed by atoms with Crippen LogP contribution in [0.2, 0.25) is 9.49 Å². The van der Waals surface area contributed by atoms with Crippen LogP contribution in [0.5, 0.6) is 0 Å². The lowest BCUT2D eigenvalue weighted by Crippen LogP contribution is -2.11. The second-order valence-corrected chi connectivity index (χ2v) is 5.60. The van der Waals surface area contributed by atoms with Gasteiger partial charge in [-0.15, -0.1) is 11.3 Å². The first-order valence-electron chi connectivity index (χ1n) is 4.99. The maximum atomic E-state index is 11.0. The maximum absolute atomic E-state index is 11.0. The van der Waals surface area contributed by atoms with Crippen LogP contribution >= 0.6 is 34.5 Å². The highest BCUT2D eigenvalue weighted by Crippen LogP contribution is 2.22. The quantitative estimate of drug-likeness (QED) is 0.911. The molecule has 0 aliphatic rings. The standard InChI is InChI=1S/C11H9Cl2N3OS/c12-9-3-6(1-2-8(9)10(14)17)15-4-7-5-16-11(13)18-7/h1-3,5,15H,4H2,(H2,14,17). The number of thiazole rings is 1. The number of carbonyl (C=O) groups excluding carboxylic acids is 1. The molecule has 2 rings (SSSR count). The van der Waals surface area contributed by atoms with Gasteiger partial charge in [-0.2, -0.15) is 0 Å². The number of nitrogens with zero attached hydrogens (tertiary/aromatic N) is 1. The van der Waals surface area contributed by atoms with E-state index in [4.69, 9.17) is 28.9 Å². The van der Waals surface area contributed by atoms with Gasteiger partial charge >= 0.3 is 0 Å². The molecule has 0 saturated heterocycles. The van der Waals surface area contributed by atoms with Crippen molar-refractivity contribution in [3.63, 3.8) is 0 Å². The van der Waals surface area contributed by atoms with Crippen molar-refractivity contribution in [2.24, 2.45) is 5.73 Å². The third-order valence-electron chi connectivity index (χ3n) is 2.23. The number of hydrogen-bond acceptors (Lipinski definition) is 4. The van der Waals surface area contributed by atoms with Crippen LogP contribution in [-0.2, 0) is 6.54 Å². The van der Waals surface area contributed by atoms with Crippen LogP contribution in [0.25, 0.3) is 0 Å². The summed E-state index contributed by atoms with van der Waals surface area (Å²) in [5.41, 5.74) is 6.28. The van der Waals surface area contributed by atoms with Crippen molar-refractivity contribution in [1.29, 1.82) is 0 Å². The van der Waals surface area contributed by atoms with Crippen LogP contribution in [0, 0.1) is 0 Å². The Labute approximate surface area is 118 Å². The fourth-order valence-corrected chi connectivity index (χ4v) is 2.57. The first-order chi connectivity index (χ1) is 8.56. The lowest BCUT2D eigenvalue weighted by molar-refractivity contribution is 0.100. The first kappa shape index (κ1) is 13.1. The number of rotatable bonds is 4. The zero-order valence-corrected chi connectivity index (χ0v) is 11.4. The smallest absolute Gasteiger partial charge is 0.250 e. The van der Waals surface area contributed by atoms with E-state index in [1.807, 2.05) is 0 Å². The fraction of sp³-hybridized carbons (Fsp3) is 0.0909. The Kier molecular flexibility index (Phi) is 4.06. The van der Waals surface area contributed by atoms with Gasteiger partial charge in [0.05, 0.1) is 17.1 Å². The average molecular weight is 302 g/mol. The van der Waals surface area contributed by atoms with Gasteiger partial charge < -0.3 is 11.1 Å². The van der Waals surface area contributed by atoms with Gasteiger partial charge in [0.2, 0.25) is 5.91 Å². The third kappa shape index (κ3) is 3.13. The molecule has 0 unspecified atom stereocenters. The Morgan fingerprint density at radius 1 is 1.44 bits per heavy atom. The normalized spacial score (nSPS) is 10.3. The average Bonchev–Trinajstić information content (AvgIpc) is 2.72. The molecular formula is C11H9Cl2N3OS. The summed E-state index contributed by atoms with van der Waals surface area (Å²) in [5, 5.41) is 3.49. The van der Waals surface area contributed by atoms with Crippen molar-refractivity contribution in [3.05, 3.63) is 44.3 Å². The number of nitrogens with two attached hydrogens (primary N) is 1. The van der Waals surface area contributed by atoms with E-state index in [0.29, 0.717) is 21.6 Å². The number of carbonyl (C=O) groups is 1. The van der Waals surface area contributed by atoms with Gasteiger partial charge in [-0.25, -0.2) is 4.98 Å². The predicted octanol–water partition coefficient (Wildman–Crippen LogP) is 3.16. The molecule has 0 bridgehead atoms. The fourth-order valence-electron chi connectivity index (χ4n) is 1.38. The van der Waals surface area contributed by atoms with Gasteiger partial charge in [-0.05, 0) is 18.2 Å². The summed E-state index contributed by atoms with van der Waals surface area (Å²) in [6.07, 6.45) is 1.71. The summed E-state index contributed by atoms with van der Waals surface area (Å²) in [4.78, 5) is 16.0. The maximum Gasteiger partial charge on any atom is 0.250 e. The minimum atomic E-state index is -0.541. The van der Waals surface area contributed by atoms with Gasteiger partial charge in [0.1, 0.15) is 0 Å². The predicted molar refractivity (Wildman–Crippen MR) is 74.4 cm³/mol. The van der Waals surface area contributed by atoms with Gasteiger partial charge in [-0.1, -0.05) is 23.2 Å². The minimum absolute atomic E-state index is 0.308. The highest BCUT2D eigenvalue weighted by molar-refractivity contribution is 7.15. The van der Waals surface area contributed by atoms with E-state index >= 15 is 0 Å². The highest BCUT2D eigenvalue weighted by Gasteiger charge is 2.07. The number of anilines is 1. The summed E-state index contributed by atoms with van der Waals surface area (Å²) in [6, 6.07) is 4.99. The lowest BCUT2D eigenvalue weighted by atomic mass is 10.2. The first-order valence-corrected chi connectivity index (χ1v) is 6.57. The van der Waals surface area contributed by atoms with Crippen molar-refractivity contribution in [3.8, 4) is 0 Å². The van der Waals surface area contributed by atoms with Gasteiger partial charge in [0.15, 0.2) is 4.47 Å². The molecule has 0 aliphatic heterocycles. The number of aromatic nitrogens is 1. The Morgan fingerprint density at radius 2 is 2.22 bits per heavy atom. The Balaban J connectivity index is 2.06. The summed E-state index contributed by atoms with van der Waals surface area (Å²) in [5.74, 6) is -0.541.